The molecule has 11 heteroatoms. The molecule has 4 rings (SSSR count). The number of amidine groups is 1. The van der Waals surface area contributed by atoms with Crippen LogP contribution in [0.2, 0.25) is 0 Å². The first-order valence-corrected chi connectivity index (χ1v) is 15.1. The van der Waals surface area contributed by atoms with E-state index in [-0.39, 0.29) is 30.1 Å². The molecule has 6 N–H and O–H groups in total. The van der Waals surface area contributed by atoms with Crippen LogP contribution in [0.25, 0.3) is 0 Å². The highest BCUT2D eigenvalue weighted by molar-refractivity contribution is 6.18. The van der Waals surface area contributed by atoms with Gasteiger partial charge in [0.05, 0.1) is 18.4 Å². The van der Waals surface area contributed by atoms with E-state index in [0.29, 0.717) is 55.4 Å². The topological polar surface area (TPSA) is 136 Å². The highest BCUT2D eigenvalue weighted by atomic mass is 19.1. The molecule has 1 heterocycles. The minimum atomic E-state index is -0.994. The third-order valence-corrected chi connectivity index (χ3v) is 7.67. The maximum Gasteiger partial charge on any atom is 0.223 e. The number of benzene rings is 1. The summed E-state index contributed by atoms with van der Waals surface area (Å²) in [7, 11) is 0. The first kappa shape index (κ1) is 33.2. The van der Waals surface area contributed by atoms with Gasteiger partial charge in [-0.3, -0.25) is 9.69 Å². The molecule has 9 nitrogen and oxygen atoms in total. The van der Waals surface area contributed by atoms with Gasteiger partial charge in [0.25, 0.3) is 0 Å². The number of anilines is 1. The zero-order chi connectivity index (χ0) is 30.5. The number of nitrogens with two attached hydrogens (primary N) is 1. The lowest BCUT2D eigenvalue weighted by atomic mass is 9.84. The van der Waals surface area contributed by atoms with Gasteiger partial charge >= 0.3 is 0 Å². The van der Waals surface area contributed by atoms with Gasteiger partial charge in [-0.15, -0.1) is 0 Å². The molecule has 1 aliphatic heterocycles. The Labute approximate surface area is 247 Å². The van der Waals surface area contributed by atoms with E-state index < -0.39 is 24.3 Å². The Bertz CT molecular complexity index is 1150. The molecule has 2 fully saturated rings. The molecule has 232 valence electrons. The molecule has 0 saturated heterocycles. The summed E-state index contributed by atoms with van der Waals surface area (Å²) in [6, 6.07) is 3.17. The van der Waals surface area contributed by atoms with Crippen molar-refractivity contribution in [3.63, 3.8) is 0 Å². The Hall–Kier alpha value is -3.31. The standard InChI is InChI=1S/C25H34F2N6O3.C6H12/c1-3-5-22(28)32-23-20(4-2)30-25(31-21-11-8-16(26)12-19(21)27)33(23)17-9-6-15(7-10-17)24(36)29-13-18(35)14-34;1-2-4-6-5-3-1/h4-5,8,11-12,15,17-18,34-35H,3,6-7,9-10,13-14,28H2,1-2H3,(H,29,36)(H,30,31);1-6H2/b20-4+,22-5+,32-23+;. The van der Waals surface area contributed by atoms with Gasteiger partial charge in [0.2, 0.25) is 11.9 Å². The highest BCUT2D eigenvalue weighted by Gasteiger charge is 2.38. The summed E-state index contributed by atoms with van der Waals surface area (Å²) in [4.78, 5) is 23.6. The van der Waals surface area contributed by atoms with Gasteiger partial charge in [0.1, 0.15) is 23.2 Å². The second kappa shape index (κ2) is 17.0. The number of halogens is 2. The van der Waals surface area contributed by atoms with Crippen LogP contribution >= 0.6 is 0 Å². The second-order valence-electron chi connectivity index (χ2n) is 10.9. The summed E-state index contributed by atoms with van der Waals surface area (Å²) in [6.07, 6.45) is 14.7. The lowest BCUT2D eigenvalue weighted by molar-refractivity contribution is -0.126. The van der Waals surface area contributed by atoms with Crippen molar-refractivity contribution in [2.75, 3.05) is 18.5 Å². The molecule has 1 amide bonds. The van der Waals surface area contributed by atoms with Gasteiger partial charge in [0.15, 0.2) is 5.84 Å². The van der Waals surface area contributed by atoms with Crippen molar-refractivity contribution >= 4 is 23.4 Å². The van der Waals surface area contributed by atoms with Crippen molar-refractivity contribution in [1.82, 2.24) is 10.2 Å². The van der Waals surface area contributed by atoms with E-state index in [1.165, 1.54) is 44.6 Å². The number of aliphatic hydroxyl groups is 2. The van der Waals surface area contributed by atoms with Crippen molar-refractivity contribution in [1.29, 1.82) is 0 Å². The summed E-state index contributed by atoms with van der Waals surface area (Å²) >= 11 is 0. The quantitative estimate of drug-likeness (QED) is 0.292. The molecule has 42 heavy (non-hydrogen) atoms. The van der Waals surface area contributed by atoms with E-state index in [0.717, 1.165) is 12.1 Å². The number of carbonyl (C=O) groups is 1. The predicted molar refractivity (Wildman–Crippen MR) is 163 cm³/mol. The predicted octanol–water partition coefficient (Wildman–Crippen LogP) is 4.93. The molecule has 1 atom stereocenters. The van der Waals surface area contributed by atoms with Gasteiger partial charge < -0.3 is 26.6 Å². The molecular weight excluding hydrogens is 542 g/mol. The van der Waals surface area contributed by atoms with Crippen LogP contribution in [0.15, 0.2) is 51.9 Å². The molecular formula is C31H46F2N6O3. The van der Waals surface area contributed by atoms with Crippen LogP contribution in [0.1, 0.15) is 84.5 Å². The minimum absolute atomic E-state index is 0.00412. The average molecular weight is 589 g/mol. The number of nitrogens with zero attached hydrogens (tertiary/aromatic N) is 3. The number of hydrogen-bond donors (Lipinski definition) is 5. The van der Waals surface area contributed by atoms with E-state index in [4.69, 9.17) is 10.8 Å². The molecule has 0 radical (unpaired) electrons. The van der Waals surface area contributed by atoms with Crippen LogP contribution in [0.4, 0.5) is 14.5 Å². The fourth-order valence-corrected chi connectivity index (χ4v) is 5.35. The third kappa shape index (κ3) is 9.62. The summed E-state index contributed by atoms with van der Waals surface area (Å²) in [5.74, 6) is -0.637. The molecule has 1 aromatic rings. The fraction of sp³-hybridized carbons (Fsp3) is 0.581. The maximum atomic E-state index is 14.4. The highest BCUT2D eigenvalue weighted by Crippen LogP contribution is 2.32. The zero-order valence-electron chi connectivity index (χ0n) is 24.8. The fourth-order valence-electron chi connectivity index (χ4n) is 5.35. The monoisotopic (exact) mass is 588 g/mol. The number of hydrogen-bond acceptors (Lipinski definition) is 7. The number of aliphatic hydroxyl groups excluding tert-OH is 2. The Morgan fingerprint density at radius 1 is 1.17 bits per heavy atom. The summed E-state index contributed by atoms with van der Waals surface area (Å²) < 4.78 is 27.9. The SMILES string of the molecule is C/C=C1/N=C(Nc2ccc(F)cc2F)N(C2CCC(C(=O)NCC(O)CO)CC2)/C1=N/C(N)=C/CC.C1CCCCC1. The number of amides is 1. The average Bonchev–Trinajstić information content (AvgIpc) is 3.34. The molecule has 2 aliphatic carbocycles. The maximum absolute atomic E-state index is 14.4. The Kier molecular flexibility index (Phi) is 13.4. The van der Waals surface area contributed by atoms with Crippen LogP contribution in [0.5, 0.6) is 0 Å². The zero-order valence-corrected chi connectivity index (χ0v) is 24.8. The molecule has 2 saturated carbocycles. The Morgan fingerprint density at radius 3 is 2.36 bits per heavy atom. The van der Waals surface area contributed by atoms with Crippen molar-refractivity contribution in [3.8, 4) is 0 Å². The Morgan fingerprint density at radius 2 is 1.81 bits per heavy atom. The van der Waals surface area contributed by atoms with Crippen molar-refractivity contribution in [3.05, 3.63) is 53.5 Å². The lowest BCUT2D eigenvalue weighted by Gasteiger charge is -2.36. The smallest absolute Gasteiger partial charge is 0.223 e. The summed E-state index contributed by atoms with van der Waals surface area (Å²) in [5.41, 5.74) is 6.73. The van der Waals surface area contributed by atoms with Crippen LogP contribution in [0, 0.1) is 17.6 Å². The number of carbonyl (C=O) groups excluding carboxylic acids is 1. The van der Waals surface area contributed by atoms with Crippen LogP contribution in [-0.4, -0.2) is 58.1 Å². The van der Waals surface area contributed by atoms with Crippen LogP contribution < -0.4 is 16.4 Å². The van der Waals surface area contributed by atoms with Gasteiger partial charge in [-0.2, -0.15) is 0 Å². The normalized spacial score (nSPS) is 23.7. The number of rotatable bonds is 8. The minimum Gasteiger partial charge on any atom is -0.394 e. The van der Waals surface area contributed by atoms with E-state index >= 15 is 0 Å². The first-order valence-electron chi connectivity index (χ1n) is 15.1. The molecule has 1 aromatic carbocycles. The van der Waals surface area contributed by atoms with E-state index in [9.17, 15) is 18.7 Å². The number of aliphatic imine (C=N–C) groups is 2. The molecule has 3 aliphatic rings. The summed E-state index contributed by atoms with van der Waals surface area (Å²) in [6.45, 7) is 3.34. The molecule has 1 unspecified atom stereocenters. The van der Waals surface area contributed by atoms with E-state index in [2.05, 4.69) is 20.6 Å². The second-order valence-corrected chi connectivity index (χ2v) is 10.9. The van der Waals surface area contributed by atoms with Gasteiger partial charge in [-0.1, -0.05) is 51.5 Å². The van der Waals surface area contributed by atoms with Gasteiger partial charge in [-0.05, 0) is 57.2 Å². The largest absolute Gasteiger partial charge is 0.394 e. The summed E-state index contributed by atoms with van der Waals surface area (Å²) in [5, 5.41) is 24.1. The number of nitrogens with one attached hydrogen (secondary N) is 2. The van der Waals surface area contributed by atoms with Crippen molar-refractivity contribution < 1.29 is 23.8 Å². The first-order chi connectivity index (χ1) is 20.3. The van der Waals surface area contributed by atoms with Gasteiger partial charge in [0, 0.05) is 24.6 Å². The van der Waals surface area contributed by atoms with Gasteiger partial charge in [-0.25, -0.2) is 18.8 Å². The van der Waals surface area contributed by atoms with E-state index in [1.54, 1.807) is 12.2 Å². The number of guanidine groups is 1. The third-order valence-electron chi connectivity index (χ3n) is 7.67. The van der Waals surface area contributed by atoms with E-state index in [1.807, 2.05) is 18.7 Å². The lowest BCUT2D eigenvalue weighted by Crippen LogP contribution is -2.47. The molecule has 0 spiro atoms. The van der Waals surface area contributed by atoms with Crippen LogP contribution in [0.3, 0.4) is 0 Å². The van der Waals surface area contributed by atoms with Crippen molar-refractivity contribution in [2.24, 2.45) is 21.6 Å². The molecule has 0 aromatic heterocycles. The Balaban J connectivity index is 0.000000715. The van der Waals surface area contributed by atoms with Crippen LogP contribution in [-0.2, 0) is 4.79 Å². The molecule has 0 bridgehead atoms. The van der Waals surface area contributed by atoms with Crippen molar-refractivity contribution in [2.45, 2.75) is 96.6 Å². The number of allylic oxidation sites excluding steroid dienone is 2.